The lowest BCUT2D eigenvalue weighted by atomic mass is 9.86. The Morgan fingerprint density at radius 3 is 2.67 bits per heavy atom. The Bertz CT molecular complexity index is 394. The van der Waals surface area contributed by atoms with Crippen LogP contribution in [0.15, 0.2) is 0 Å². The van der Waals surface area contributed by atoms with Crippen molar-refractivity contribution in [3.8, 4) is 0 Å². The maximum absolute atomic E-state index is 5.95. The molecule has 0 spiro atoms. The molecule has 2 aliphatic carbocycles. The summed E-state index contributed by atoms with van der Waals surface area (Å²) in [6, 6.07) is 0. The summed E-state index contributed by atoms with van der Waals surface area (Å²) in [5.74, 6) is 3.58. The monoisotopic (exact) mass is 205 g/mol. The predicted octanol–water partition coefficient (Wildman–Crippen LogP) is 2.21. The predicted molar refractivity (Wildman–Crippen MR) is 60.5 cm³/mol. The van der Waals surface area contributed by atoms with Gasteiger partial charge in [0.2, 0.25) is 0 Å². The molecular formula is C12H19N3. The van der Waals surface area contributed by atoms with Gasteiger partial charge in [-0.1, -0.05) is 0 Å². The Balaban J connectivity index is 1.88. The molecule has 3 heteroatoms. The Morgan fingerprint density at radius 2 is 2.07 bits per heavy atom. The van der Waals surface area contributed by atoms with Crippen LogP contribution in [0.1, 0.15) is 42.9 Å². The largest absolute Gasteiger partial charge is 0.384 e. The molecule has 15 heavy (non-hydrogen) atoms. The number of anilines is 1. The van der Waals surface area contributed by atoms with Crippen LogP contribution in [0, 0.1) is 18.8 Å². The van der Waals surface area contributed by atoms with E-state index in [1.54, 1.807) is 0 Å². The minimum atomic E-state index is 0.678. The second-order valence-corrected chi connectivity index (χ2v) is 5.28. The first kappa shape index (κ1) is 9.25. The fourth-order valence-corrected chi connectivity index (χ4v) is 3.15. The quantitative estimate of drug-likeness (QED) is 0.764. The minimum absolute atomic E-state index is 0.678. The first-order chi connectivity index (χ1) is 7.16. The van der Waals surface area contributed by atoms with E-state index in [0.717, 1.165) is 17.7 Å². The van der Waals surface area contributed by atoms with Gasteiger partial charge in [-0.15, -0.1) is 0 Å². The molecule has 2 fully saturated rings. The summed E-state index contributed by atoms with van der Waals surface area (Å²) in [6.07, 6.45) is 5.55. The number of aryl methyl sites for hydroxylation is 1. The van der Waals surface area contributed by atoms with Crippen molar-refractivity contribution in [2.24, 2.45) is 18.9 Å². The van der Waals surface area contributed by atoms with Gasteiger partial charge >= 0.3 is 0 Å². The van der Waals surface area contributed by atoms with Gasteiger partial charge in [0.25, 0.3) is 0 Å². The topological polar surface area (TPSA) is 43.8 Å². The van der Waals surface area contributed by atoms with Crippen molar-refractivity contribution in [3.63, 3.8) is 0 Å². The van der Waals surface area contributed by atoms with Gasteiger partial charge in [0.15, 0.2) is 0 Å². The van der Waals surface area contributed by atoms with Gasteiger partial charge in [0.05, 0.1) is 5.69 Å². The lowest BCUT2D eigenvalue weighted by molar-refractivity contribution is 0.414. The molecule has 3 atom stereocenters. The lowest BCUT2D eigenvalue weighted by Gasteiger charge is -2.19. The summed E-state index contributed by atoms with van der Waals surface area (Å²) in [6.45, 7) is 2.11. The van der Waals surface area contributed by atoms with Gasteiger partial charge < -0.3 is 5.73 Å². The second-order valence-electron chi connectivity index (χ2n) is 5.28. The Morgan fingerprint density at radius 1 is 1.27 bits per heavy atom. The number of fused-ring (bicyclic) bond motifs is 1. The number of nitrogens with two attached hydrogens (primary N) is 1. The van der Waals surface area contributed by atoms with Crippen molar-refractivity contribution in [3.05, 3.63) is 11.3 Å². The van der Waals surface area contributed by atoms with Gasteiger partial charge in [0.1, 0.15) is 5.82 Å². The highest BCUT2D eigenvalue weighted by atomic mass is 15.3. The first-order valence-electron chi connectivity index (χ1n) is 5.95. The maximum atomic E-state index is 5.95. The van der Waals surface area contributed by atoms with Crippen molar-refractivity contribution in [2.75, 3.05) is 5.73 Å². The molecule has 2 saturated carbocycles. The molecule has 3 rings (SSSR count). The molecule has 0 saturated heterocycles. The molecule has 0 bridgehead atoms. The third-order valence-electron chi connectivity index (χ3n) is 4.30. The standard InChI is InChI=1S/C12H19N3/c1-7-11(14-15(2)12(7)13)9-4-3-8-5-10(8)6-9/h8-10H,3-6,13H2,1-2H3/t8-,9?,10-/m1/s1. The molecule has 1 aromatic heterocycles. The van der Waals surface area contributed by atoms with E-state index in [1.165, 1.54) is 36.9 Å². The van der Waals surface area contributed by atoms with Gasteiger partial charge in [-0.2, -0.15) is 5.10 Å². The Hall–Kier alpha value is -0.990. The fourth-order valence-electron chi connectivity index (χ4n) is 3.15. The molecule has 1 unspecified atom stereocenters. The Labute approximate surface area is 90.7 Å². The van der Waals surface area contributed by atoms with Crippen LogP contribution in [-0.2, 0) is 7.05 Å². The molecule has 82 valence electrons. The van der Waals surface area contributed by atoms with Crippen LogP contribution in [0.25, 0.3) is 0 Å². The van der Waals surface area contributed by atoms with Crippen LogP contribution in [0.2, 0.25) is 0 Å². The van der Waals surface area contributed by atoms with Crippen molar-refractivity contribution in [1.82, 2.24) is 9.78 Å². The van der Waals surface area contributed by atoms with E-state index >= 15 is 0 Å². The first-order valence-corrected chi connectivity index (χ1v) is 5.95. The number of rotatable bonds is 1. The molecule has 1 aromatic rings. The minimum Gasteiger partial charge on any atom is -0.384 e. The van der Waals surface area contributed by atoms with Crippen LogP contribution >= 0.6 is 0 Å². The third kappa shape index (κ3) is 1.36. The van der Waals surface area contributed by atoms with Crippen molar-refractivity contribution in [1.29, 1.82) is 0 Å². The number of hydrogen-bond acceptors (Lipinski definition) is 2. The number of nitrogens with zero attached hydrogens (tertiary/aromatic N) is 2. The van der Waals surface area contributed by atoms with E-state index in [1.807, 2.05) is 11.7 Å². The highest BCUT2D eigenvalue weighted by Crippen LogP contribution is 2.54. The van der Waals surface area contributed by atoms with Gasteiger partial charge in [-0.3, -0.25) is 4.68 Å². The van der Waals surface area contributed by atoms with Gasteiger partial charge in [0, 0.05) is 18.5 Å². The van der Waals surface area contributed by atoms with Crippen LogP contribution in [0.5, 0.6) is 0 Å². The number of nitrogen functional groups attached to an aromatic ring is 1. The fraction of sp³-hybridized carbons (Fsp3) is 0.750. The van der Waals surface area contributed by atoms with E-state index < -0.39 is 0 Å². The van der Waals surface area contributed by atoms with Crippen molar-refractivity contribution >= 4 is 5.82 Å². The van der Waals surface area contributed by atoms with Gasteiger partial charge in [-0.05, 0) is 44.4 Å². The van der Waals surface area contributed by atoms with E-state index in [2.05, 4.69) is 12.0 Å². The molecule has 0 amide bonds. The van der Waals surface area contributed by atoms with E-state index in [0.29, 0.717) is 5.92 Å². The lowest BCUT2D eigenvalue weighted by Crippen LogP contribution is -2.08. The van der Waals surface area contributed by atoms with Crippen LogP contribution in [0.3, 0.4) is 0 Å². The number of aromatic nitrogens is 2. The average molecular weight is 205 g/mol. The van der Waals surface area contributed by atoms with E-state index in [-0.39, 0.29) is 0 Å². The van der Waals surface area contributed by atoms with Crippen LogP contribution < -0.4 is 5.73 Å². The molecule has 0 aromatic carbocycles. The summed E-state index contributed by atoms with van der Waals surface area (Å²) in [7, 11) is 1.94. The number of hydrogen-bond donors (Lipinski definition) is 1. The Kier molecular flexibility index (Phi) is 1.85. The van der Waals surface area contributed by atoms with Crippen molar-refractivity contribution < 1.29 is 0 Å². The van der Waals surface area contributed by atoms with Gasteiger partial charge in [-0.25, -0.2) is 0 Å². The molecule has 2 N–H and O–H groups in total. The summed E-state index contributed by atoms with van der Waals surface area (Å²) >= 11 is 0. The SMILES string of the molecule is Cc1c(C2CC[C@@H]3C[C@@H]3C2)nn(C)c1N. The summed E-state index contributed by atoms with van der Waals surface area (Å²) < 4.78 is 1.82. The zero-order chi connectivity index (χ0) is 10.6. The molecule has 0 aliphatic heterocycles. The molecule has 3 nitrogen and oxygen atoms in total. The van der Waals surface area contributed by atoms with Crippen LogP contribution in [-0.4, -0.2) is 9.78 Å². The normalized spacial score (nSPS) is 33.9. The summed E-state index contributed by atoms with van der Waals surface area (Å²) in [5.41, 5.74) is 8.43. The summed E-state index contributed by atoms with van der Waals surface area (Å²) in [5, 5.41) is 4.58. The average Bonchev–Trinajstić information content (AvgIpc) is 2.96. The zero-order valence-corrected chi connectivity index (χ0v) is 9.53. The molecule has 1 heterocycles. The zero-order valence-electron chi connectivity index (χ0n) is 9.53. The highest BCUT2D eigenvalue weighted by Gasteiger charge is 2.43. The van der Waals surface area contributed by atoms with E-state index in [4.69, 9.17) is 5.73 Å². The summed E-state index contributed by atoms with van der Waals surface area (Å²) in [4.78, 5) is 0. The smallest absolute Gasteiger partial charge is 0.124 e. The highest BCUT2D eigenvalue weighted by molar-refractivity contribution is 5.43. The van der Waals surface area contributed by atoms with Crippen LogP contribution in [0.4, 0.5) is 5.82 Å². The maximum Gasteiger partial charge on any atom is 0.124 e. The molecule has 0 radical (unpaired) electrons. The second kappa shape index (κ2) is 3.00. The molecule has 2 aliphatic rings. The third-order valence-corrected chi connectivity index (χ3v) is 4.30. The van der Waals surface area contributed by atoms with Crippen molar-refractivity contribution in [2.45, 2.75) is 38.5 Å². The van der Waals surface area contributed by atoms with E-state index in [9.17, 15) is 0 Å². The molecular weight excluding hydrogens is 186 g/mol.